The van der Waals surface area contributed by atoms with Crippen molar-refractivity contribution in [2.45, 2.75) is 25.7 Å². The van der Waals surface area contributed by atoms with E-state index < -0.39 is 0 Å². The first-order valence-electron chi connectivity index (χ1n) is 2.87. The van der Waals surface area contributed by atoms with Crippen LogP contribution in [0.5, 0.6) is 0 Å². The Morgan fingerprint density at radius 3 is 1.44 bits per heavy atom. The fourth-order valence-corrected chi connectivity index (χ4v) is 0.850. The number of hydrogen-bond donors (Lipinski definition) is 0. The minimum absolute atomic E-state index is 0. The van der Waals surface area contributed by atoms with E-state index in [4.69, 9.17) is 0 Å². The van der Waals surface area contributed by atoms with Crippen LogP contribution < -0.4 is 0 Å². The van der Waals surface area contributed by atoms with E-state index in [0.717, 1.165) is 12.8 Å². The average Bonchev–Trinajstić information content (AvgIpc) is 1.77. The Balaban J connectivity index is 0.000000640. The van der Waals surface area contributed by atoms with Crippen LogP contribution in [-0.4, -0.2) is 17.0 Å². The standard InChI is InChI=1S/C6H8O2.H2O/c7-5-3-1-2-4-6(5)8;/h1-4H2;1H2. The van der Waals surface area contributed by atoms with Gasteiger partial charge in [0.2, 0.25) is 0 Å². The molecule has 1 saturated carbocycles. The van der Waals surface area contributed by atoms with E-state index in [0.29, 0.717) is 12.8 Å². The third-order valence-electron chi connectivity index (χ3n) is 1.37. The van der Waals surface area contributed by atoms with Crippen molar-refractivity contribution in [3.8, 4) is 0 Å². The molecule has 0 atom stereocenters. The van der Waals surface area contributed by atoms with Gasteiger partial charge in [0.1, 0.15) is 0 Å². The number of rotatable bonds is 0. The number of carbonyl (C=O) groups excluding carboxylic acids is 2. The maximum atomic E-state index is 10.4. The van der Waals surface area contributed by atoms with E-state index in [1.807, 2.05) is 0 Å². The molecule has 0 unspecified atom stereocenters. The molecule has 0 aromatic heterocycles. The average molecular weight is 130 g/mol. The molecule has 0 aromatic carbocycles. The van der Waals surface area contributed by atoms with Crippen LogP contribution in [0.1, 0.15) is 25.7 Å². The smallest absolute Gasteiger partial charge is 0.198 e. The molecule has 0 radical (unpaired) electrons. The van der Waals surface area contributed by atoms with Gasteiger partial charge in [0.25, 0.3) is 0 Å². The van der Waals surface area contributed by atoms with Crippen LogP contribution in [0.15, 0.2) is 0 Å². The van der Waals surface area contributed by atoms with Gasteiger partial charge in [0.05, 0.1) is 0 Å². The fraction of sp³-hybridized carbons (Fsp3) is 0.667. The zero-order valence-electron chi connectivity index (χ0n) is 5.14. The third-order valence-corrected chi connectivity index (χ3v) is 1.37. The second-order valence-corrected chi connectivity index (χ2v) is 2.05. The summed E-state index contributed by atoms with van der Waals surface area (Å²) in [5.41, 5.74) is 0. The molecule has 1 fully saturated rings. The lowest BCUT2D eigenvalue weighted by atomic mass is 9.98. The maximum Gasteiger partial charge on any atom is 0.198 e. The molecule has 3 nitrogen and oxygen atoms in total. The van der Waals surface area contributed by atoms with Crippen molar-refractivity contribution in [2.24, 2.45) is 0 Å². The van der Waals surface area contributed by atoms with Crippen molar-refractivity contribution in [2.75, 3.05) is 0 Å². The minimum atomic E-state index is -0.170. The molecule has 2 N–H and O–H groups in total. The lowest BCUT2D eigenvalue weighted by Gasteiger charge is -2.04. The minimum Gasteiger partial charge on any atom is -0.412 e. The van der Waals surface area contributed by atoms with Crippen LogP contribution in [0.25, 0.3) is 0 Å². The molecule has 0 bridgehead atoms. The van der Waals surface area contributed by atoms with Crippen molar-refractivity contribution in [1.82, 2.24) is 0 Å². The molecule has 9 heavy (non-hydrogen) atoms. The quantitative estimate of drug-likeness (QED) is 0.429. The fourth-order valence-electron chi connectivity index (χ4n) is 0.850. The van der Waals surface area contributed by atoms with Crippen molar-refractivity contribution in [3.63, 3.8) is 0 Å². The number of carbonyl (C=O) groups is 2. The largest absolute Gasteiger partial charge is 0.412 e. The van der Waals surface area contributed by atoms with E-state index in [1.165, 1.54) is 0 Å². The molecule has 0 amide bonds. The van der Waals surface area contributed by atoms with Gasteiger partial charge in [-0.3, -0.25) is 9.59 Å². The van der Waals surface area contributed by atoms with E-state index in [9.17, 15) is 9.59 Å². The summed E-state index contributed by atoms with van der Waals surface area (Å²) >= 11 is 0. The topological polar surface area (TPSA) is 65.6 Å². The molecule has 0 heterocycles. The first-order chi connectivity index (χ1) is 3.80. The monoisotopic (exact) mass is 130 g/mol. The van der Waals surface area contributed by atoms with Gasteiger partial charge in [0.15, 0.2) is 11.6 Å². The van der Waals surface area contributed by atoms with Gasteiger partial charge in [-0.05, 0) is 12.8 Å². The van der Waals surface area contributed by atoms with E-state index in [2.05, 4.69) is 0 Å². The van der Waals surface area contributed by atoms with Crippen molar-refractivity contribution in [1.29, 1.82) is 0 Å². The van der Waals surface area contributed by atoms with Gasteiger partial charge in [-0.1, -0.05) is 0 Å². The molecule has 0 spiro atoms. The summed E-state index contributed by atoms with van der Waals surface area (Å²) in [6.07, 6.45) is 2.78. The summed E-state index contributed by atoms with van der Waals surface area (Å²) in [5.74, 6) is -0.340. The lowest BCUT2D eigenvalue weighted by Crippen LogP contribution is -2.17. The number of Topliss-reactive ketones (excluding diaryl/α,β-unsaturated/α-hetero) is 2. The summed E-state index contributed by atoms with van der Waals surface area (Å²) in [7, 11) is 0. The van der Waals surface area contributed by atoms with Crippen LogP contribution in [-0.2, 0) is 9.59 Å². The van der Waals surface area contributed by atoms with Crippen molar-refractivity contribution < 1.29 is 15.1 Å². The van der Waals surface area contributed by atoms with Gasteiger partial charge >= 0.3 is 0 Å². The van der Waals surface area contributed by atoms with Crippen LogP contribution in [0, 0.1) is 0 Å². The highest BCUT2D eigenvalue weighted by atomic mass is 16.2. The molecule has 52 valence electrons. The SMILES string of the molecule is O.O=C1CCCCC1=O. The second-order valence-electron chi connectivity index (χ2n) is 2.05. The molecule has 0 aromatic rings. The Morgan fingerprint density at radius 1 is 0.889 bits per heavy atom. The zero-order chi connectivity index (χ0) is 5.98. The van der Waals surface area contributed by atoms with Crippen LogP contribution >= 0.6 is 0 Å². The van der Waals surface area contributed by atoms with Crippen LogP contribution in [0.2, 0.25) is 0 Å². The molecule has 0 aliphatic heterocycles. The van der Waals surface area contributed by atoms with Gasteiger partial charge < -0.3 is 5.48 Å². The van der Waals surface area contributed by atoms with Crippen molar-refractivity contribution in [3.05, 3.63) is 0 Å². The summed E-state index contributed by atoms with van der Waals surface area (Å²) in [5, 5.41) is 0. The van der Waals surface area contributed by atoms with E-state index >= 15 is 0 Å². The normalized spacial score (nSPS) is 19.1. The summed E-state index contributed by atoms with van der Waals surface area (Å²) in [6.45, 7) is 0. The Hall–Kier alpha value is -0.700. The van der Waals surface area contributed by atoms with Crippen molar-refractivity contribution >= 4 is 11.6 Å². The Bertz CT molecular complexity index is 112. The second kappa shape index (κ2) is 3.35. The summed E-state index contributed by atoms with van der Waals surface area (Å²) in [6, 6.07) is 0. The van der Waals surface area contributed by atoms with Gasteiger partial charge in [-0.25, -0.2) is 0 Å². The zero-order valence-corrected chi connectivity index (χ0v) is 5.14. The highest BCUT2D eigenvalue weighted by Gasteiger charge is 2.16. The van der Waals surface area contributed by atoms with E-state index in [1.54, 1.807) is 0 Å². The summed E-state index contributed by atoms with van der Waals surface area (Å²) < 4.78 is 0. The van der Waals surface area contributed by atoms with Gasteiger partial charge in [-0.2, -0.15) is 0 Å². The molecule has 1 rings (SSSR count). The first kappa shape index (κ1) is 8.30. The highest BCUT2D eigenvalue weighted by molar-refractivity contribution is 6.37. The molecule has 3 heteroatoms. The Morgan fingerprint density at radius 2 is 1.22 bits per heavy atom. The maximum absolute atomic E-state index is 10.4. The number of ketones is 2. The van der Waals surface area contributed by atoms with Crippen LogP contribution in [0.4, 0.5) is 0 Å². The van der Waals surface area contributed by atoms with Gasteiger partial charge in [-0.15, -0.1) is 0 Å². The Kier molecular flexibility index (Phi) is 3.09. The van der Waals surface area contributed by atoms with Crippen LogP contribution in [0.3, 0.4) is 0 Å². The van der Waals surface area contributed by atoms with E-state index in [-0.39, 0.29) is 17.0 Å². The third kappa shape index (κ3) is 1.93. The molecular formula is C6H10O3. The molecule has 1 aliphatic carbocycles. The Labute approximate surface area is 53.4 Å². The molecule has 1 aliphatic rings. The number of hydrogen-bond acceptors (Lipinski definition) is 2. The highest BCUT2D eigenvalue weighted by Crippen LogP contribution is 2.09. The summed E-state index contributed by atoms with van der Waals surface area (Å²) in [4.78, 5) is 20.9. The predicted molar refractivity (Wildman–Crippen MR) is 32.1 cm³/mol. The molecule has 0 saturated heterocycles. The molecular weight excluding hydrogens is 120 g/mol. The van der Waals surface area contributed by atoms with Gasteiger partial charge in [0, 0.05) is 12.8 Å². The lowest BCUT2D eigenvalue weighted by molar-refractivity contribution is -0.137. The first-order valence-corrected chi connectivity index (χ1v) is 2.87. The predicted octanol–water partition coefficient (Wildman–Crippen LogP) is -0.126.